The van der Waals surface area contributed by atoms with E-state index in [9.17, 15) is 4.79 Å². The molecule has 2 nitrogen and oxygen atoms in total. The molecule has 1 unspecified atom stereocenters. The van der Waals surface area contributed by atoms with Crippen LogP contribution in [0.25, 0.3) is 0 Å². The van der Waals surface area contributed by atoms with Crippen LogP contribution in [-0.4, -0.2) is 35.0 Å². The molecule has 0 bridgehead atoms. The van der Waals surface area contributed by atoms with E-state index in [1.165, 1.54) is 5.75 Å². The fraction of sp³-hybridized carbons (Fsp3) is 0.417. The predicted molar refractivity (Wildman–Crippen MR) is 82.4 cm³/mol. The summed E-state index contributed by atoms with van der Waals surface area (Å²) in [6.07, 6.45) is 0. The largest absolute Gasteiger partial charge is 0.351 e. The van der Waals surface area contributed by atoms with Crippen LogP contribution in [0.3, 0.4) is 0 Å². The minimum absolute atomic E-state index is 0.154. The van der Waals surface area contributed by atoms with E-state index in [2.05, 4.69) is 5.32 Å². The minimum Gasteiger partial charge on any atom is -0.351 e. The third-order valence-electron chi connectivity index (χ3n) is 2.57. The molecule has 1 atom stereocenters. The first-order valence-electron chi connectivity index (χ1n) is 5.60. The van der Waals surface area contributed by atoms with Crippen LogP contribution in [0.4, 0.5) is 0 Å². The first kappa shape index (κ1) is 14.4. The van der Waals surface area contributed by atoms with Gasteiger partial charge in [-0.05, 0) is 12.1 Å². The number of amides is 1. The van der Waals surface area contributed by atoms with E-state index in [0.717, 1.165) is 11.5 Å². The Hall–Kier alpha value is -0.0300. The first-order valence-corrected chi connectivity index (χ1v) is 8.56. The smallest absolute Gasteiger partial charge is 0.252 e. The molecular formula is C12H13Cl2NOS2. The fourth-order valence-electron chi connectivity index (χ4n) is 1.64. The Bertz CT molecular complexity index is 436. The molecule has 1 amide bonds. The van der Waals surface area contributed by atoms with Gasteiger partial charge in [-0.3, -0.25) is 4.79 Å². The van der Waals surface area contributed by atoms with Crippen molar-refractivity contribution in [3.63, 3.8) is 0 Å². The lowest BCUT2D eigenvalue weighted by Gasteiger charge is -2.21. The van der Waals surface area contributed by atoms with E-state index in [0.29, 0.717) is 27.4 Å². The Balaban J connectivity index is 1.93. The molecule has 18 heavy (non-hydrogen) atoms. The van der Waals surface area contributed by atoms with Crippen molar-refractivity contribution in [2.24, 2.45) is 0 Å². The molecule has 1 N–H and O–H groups in total. The molecule has 0 aromatic heterocycles. The topological polar surface area (TPSA) is 29.1 Å². The van der Waals surface area contributed by atoms with Crippen molar-refractivity contribution in [1.29, 1.82) is 0 Å². The molecule has 1 aromatic carbocycles. The van der Waals surface area contributed by atoms with E-state index in [1.54, 1.807) is 18.2 Å². The monoisotopic (exact) mass is 321 g/mol. The zero-order valence-corrected chi connectivity index (χ0v) is 12.8. The minimum atomic E-state index is -0.154. The fourth-order valence-corrected chi connectivity index (χ4v) is 4.63. The van der Waals surface area contributed by atoms with E-state index >= 15 is 0 Å². The van der Waals surface area contributed by atoms with Gasteiger partial charge in [0.15, 0.2) is 0 Å². The number of carbonyl (C=O) groups excluding carboxylic acids is 1. The van der Waals surface area contributed by atoms with Crippen LogP contribution in [0, 0.1) is 0 Å². The van der Waals surface area contributed by atoms with Crippen molar-refractivity contribution in [3.8, 4) is 0 Å². The molecule has 6 heteroatoms. The lowest BCUT2D eigenvalue weighted by Crippen LogP contribution is -2.33. The van der Waals surface area contributed by atoms with Crippen LogP contribution in [0.1, 0.15) is 10.4 Å². The van der Waals surface area contributed by atoms with Crippen LogP contribution in [0.2, 0.25) is 10.0 Å². The number of benzene rings is 1. The van der Waals surface area contributed by atoms with E-state index in [-0.39, 0.29) is 5.91 Å². The number of rotatable bonds is 3. The van der Waals surface area contributed by atoms with Gasteiger partial charge < -0.3 is 5.32 Å². The second-order valence-corrected chi connectivity index (χ2v) is 7.22. The van der Waals surface area contributed by atoms with Crippen LogP contribution < -0.4 is 5.32 Å². The second kappa shape index (κ2) is 6.94. The van der Waals surface area contributed by atoms with E-state index in [1.807, 2.05) is 23.5 Å². The number of nitrogens with one attached hydrogen (secondary N) is 1. The molecule has 1 saturated heterocycles. The van der Waals surface area contributed by atoms with Crippen molar-refractivity contribution in [1.82, 2.24) is 5.32 Å². The Morgan fingerprint density at radius 2 is 2.22 bits per heavy atom. The van der Waals surface area contributed by atoms with Gasteiger partial charge in [0.1, 0.15) is 0 Å². The van der Waals surface area contributed by atoms with Gasteiger partial charge in [-0.15, -0.1) is 0 Å². The normalized spacial score (nSPS) is 19.6. The Morgan fingerprint density at radius 1 is 1.39 bits per heavy atom. The summed E-state index contributed by atoms with van der Waals surface area (Å²) in [6, 6.07) is 5.09. The summed E-state index contributed by atoms with van der Waals surface area (Å²) in [4.78, 5) is 12.0. The highest BCUT2D eigenvalue weighted by atomic mass is 35.5. The number of thioether (sulfide) groups is 2. The van der Waals surface area contributed by atoms with Gasteiger partial charge in [0.25, 0.3) is 5.91 Å². The van der Waals surface area contributed by atoms with Crippen molar-refractivity contribution >= 4 is 52.6 Å². The van der Waals surface area contributed by atoms with Gasteiger partial charge in [-0.2, -0.15) is 23.5 Å². The molecular weight excluding hydrogens is 309 g/mol. The van der Waals surface area contributed by atoms with Gasteiger partial charge in [0, 0.05) is 29.1 Å². The molecule has 0 aliphatic carbocycles. The number of halogens is 2. The summed E-state index contributed by atoms with van der Waals surface area (Å²) >= 11 is 15.7. The number of hydrogen-bond acceptors (Lipinski definition) is 3. The highest BCUT2D eigenvalue weighted by Crippen LogP contribution is 2.26. The molecule has 1 aliphatic heterocycles. The van der Waals surface area contributed by atoms with Crippen molar-refractivity contribution in [2.45, 2.75) is 5.25 Å². The molecule has 1 fully saturated rings. The third kappa shape index (κ3) is 3.73. The van der Waals surface area contributed by atoms with Crippen LogP contribution >= 0.6 is 46.7 Å². The van der Waals surface area contributed by atoms with Crippen LogP contribution in [0.5, 0.6) is 0 Å². The predicted octanol–water partition coefficient (Wildman–Crippen LogP) is 3.57. The van der Waals surface area contributed by atoms with Gasteiger partial charge in [0.05, 0.1) is 15.6 Å². The highest BCUT2D eigenvalue weighted by Gasteiger charge is 2.17. The molecule has 2 rings (SSSR count). The maximum Gasteiger partial charge on any atom is 0.252 e. The number of hydrogen-bond donors (Lipinski definition) is 1. The van der Waals surface area contributed by atoms with Crippen LogP contribution in [0.15, 0.2) is 18.2 Å². The highest BCUT2D eigenvalue weighted by molar-refractivity contribution is 8.06. The molecule has 0 spiro atoms. The van der Waals surface area contributed by atoms with Gasteiger partial charge >= 0.3 is 0 Å². The lowest BCUT2D eigenvalue weighted by molar-refractivity contribution is 0.0954. The Labute approximate surface area is 125 Å². The third-order valence-corrected chi connectivity index (χ3v) is 6.24. The van der Waals surface area contributed by atoms with Crippen molar-refractivity contribution < 1.29 is 4.79 Å². The number of carbonyl (C=O) groups is 1. The summed E-state index contributed by atoms with van der Waals surface area (Å²) in [5, 5.41) is 4.14. The maximum absolute atomic E-state index is 12.0. The maximum atomic E-state index is 12.0. The van der Waals surface area contributed by atoms with E-state index in [4.69, 9.17) is 23.2 Å². The van der Waals surface area contributed by atoms with Crippen molar-refractivity contribution in [3.05, 3.63) is 33.8 Å². The van der Waals surface area contributed by atoms with Gasteiger partial charge in [0.2, 0.25) is 0 Å². The quantitative estimate of drug-likeness (QED) is 0.922. The van der Waals surface area contributed by atoms with Gasteiger partial charge in [-0.25, -0.2) is 0 Å². The average molecular weight is 322 g/mol. The SMILES string of the molecule is O=C(NCC1CSCCS1)c1cccc(Cl)c1Cl. The molecule has 0 saturated carbocycles. The zero-order valence-electron chi connectivity index (χ0n) is 9.62. The second-order valence-electron chi connectivity index (χ2n) is 3.88. The summed E-state index contributed by atoms with van der Waals surface area (Å²) in [5.74, 6) is 3.30. The summed E-state index contributed by atoms with van der Waals surface area (Å²) < 4.78 is 0. The molecule has 1 aromatic rings. The summed E-state index contributed by atoms with van der Waals surface area (Å²) in [5.41, 5.74) is 0.442. The first-order chi connectivity index (χ1) is 8.68. The molecule has 1 heterocycles. The van der Waals surface area contributed by atoms with E-state index < -0.39 is 0 Å². The molecule has 98 valence electrons. The summed E-state index contributed by atoms with van der Waals surface area (Å²) in [7, 11) is 0. The van der Waals surface area contributed by atoms with Gasteiger partial charge in [-0.1, -0.05) is 29.3 Å². The molecule has 1 aliphatic rings. The molecule has 0 radical (unpaired) electrons. The summed E-state index contributed by atoms with van der Waals surface area (Å²) in [6.45, 7) is 0.680. The van der Waals surface area contributed by atoms with Crippen LogP contribution in [-0.2, 0) is 0 Å². The Kier molecular flexibility index (Phi) is 5.55. The average Bonchev–Trinajstić information content (AvgIpc) is 2.40. The lowest BCUT2D eigenvalue weighted by atomic mass is 10.2. The zero-order chi connectivity index (χ0) is 13.0. The van der Waals surface area contributed by atoms with Crippen molar-refractivity contribution in [2.75, 3.05) is 23.8 Å². The standard InChI is InChI=1S/C12H13Cl2NOS2/c13-10-3-1-2-9(11(10)14)12(16)15-6-8-7-17-4-5-18-8/h1-3,8H,4-7H2,(H,15,16). The Morgan fingerprint density at radius 3 is 2.94 bits per heavy atom.